The lowest BCUT2D eigenvalue weighted by molar-refractivity contribution is 0.561. The number of rotatable bonds is 4. The van der Waals surface area contributed by atoms with E-state index in [0.717, 1.165) is 29.1 Å². The molecule has 1 atom stereocenters. The summed E-state index contributed by atoms with van der Waals surface area (Å²) < 4.78 is 2.24. The van der Waals surface area contributed by atoms with Gasteiger partial charge in [-0.25, -0.2) is 4.98 Å². The molecule has 0 saturated heterocycles. The minimum Gasteiger partial charge on any atom is -0.308 e. The zero-order chi connectivity index (χ0) is 13.9. The van der Waals surface area contributed by atoms with Crippen LogP contribution in [-0.4, -0.2) is 16.1 Å². The van der Waals surface area contributed by atoms with Crippen LogP contribution in [0.2, 0.25) is 0 Å². The normalized spacial score (nSPS) is 12.7. The Hall–Kier alpha value is -2.13. The predicted molar refractivity (Wildman–Crippen MR) is 83.2 cm³/mol. The molecule has 0 aliphatic heterocycles. The molecule has 3 aromatic rings. The minimum absolute atomic E-state index is 0.215. The highest BCUT2D eigenvalue weighted by Gasteiger charge is 2.16. The second kappa shape index (κ2) is 5.47. The van der Waals surface area contributed by atoms with E-state index < -0.39 is 0 Å². The first-order valence-electron chi connectivity index (χ1n) is 7.07. The van der Waals surface area contributed by atoms with Crippen molar-refractivity contribution in [2.24, 2.45) is 0 Å². The van der Waals surface area contributed by atoms with Crippen molar-refractivity contribution in [1.29, 1.82) is 0 Å². The third-order valence-corrected chi connectivity index (χ3v) is 3.50. The maximum atomic E-state index is 4.81. The van der Waals surface area contributed by atoms with E-state index in [1.807, 2.05) is 12.1 Å². The van der Waals surface area contributed by atoms with Crippen molar-refractivity contribution in [3.63, 3.8) is 0 Å². The molecule has 3 rings (SSSR count). The summed E-state index contributed by atoms with van der Waals surface area (Å²) >= 11 is 0. The van der Waals surface area contributed by atoms with Crippen LogP contribution in [0, 0.1) is 0 Å². The molecular weight excluding hydrogens is 246 g/mol. The molecule has 3 nitrogen and oxygen atoms in total. The number of aromatic nitrogens is 2. The fourth-order valence-electron chi connectivity index (χ4n) is 2.58. The van der Waals surface area contributed by atoms with Gasteiger partial charge in [-0.1, -0.05) is 37.3 Å². The monoisotopic (exact) mass is 265 g/mol. The minimum atomic E-state index is 0.215. The van der Waals surface area contributed by atoms with Gasteiger partial charge < -0.3 is 5.32 Å². The molecule has 0 bridgehead atoms. The number of para-hydroxylation sites is 3. The fourth-order valence-corrected chi connectivity index (χ4v) is 2.58. The van der Waals surface area contributed by atoms with Gasteiger partial charge in [-0.15, -0.1) is 0 Å². The van der Waals surface area contributed by atoms with Crippen LogP contribution in [-0.2, 0) is 0 Å². The zero-order valence-corrected chi connectivity index (χ0v) is 11.9. The molecule has 102 valence electrons. The van der Waals surface area contributed by atoms with Gasteiger partial charge in [0.2, 0.25) is 0 Å². The Bertz CT molecular complexity index is 701. The summed E-state index contributed by atoms with van der Waals surface area (Å²) in [6.07, 6.45) is 0. The lowest BCUT2D eigenvalue weighted by Crippen LogP contribution is -2.21. The second-order valence-corrected chi connectivity index (χ2v) is 4.91. The molecule has 0 fully saturated rings. The Morgan fingerprint density at radius 2 is 1.75 bits per heavy atom. The Labute approximate surface area is 119 Å². The smallest absolute Gasteiger partial charge is 0.131 e. The number of fused-ring (bicyclic) bond motifs is 1. The van der Waals surface area contributed by atoms with Gasteiger partial charge in [0, 0.05) is 5.69 Å². The third kappa shape index (κ3) is 2.21. The van der Waals surface area contributed by atoms with Crippen molar-refractivity contribution in [2.75, 3.05) is 6.54 Å². The van der Waals surface area contributed by atoms with Crippen molar-refractivity contribution >= 4 is 11.0 Å². The van der Waals surface area contributed by atoms with Gasteiger partial charge in [0.1, 0.15) is 5.82 Å². The SMILES string of the molecule is CCNC(C)c1nc2ccccc2n1-c1ccccc1. The summed E-state index contributed by atoms with van der Waals surface area (Å²) in [5.41, 5.74) is 3.34. The molecule has 1 aromatic heterocycles. The predicted octanol–water partition coefficient (Wildman–Crippen LogP) is 3.70. The van der Waals surface area contributed by atoms with Crippen molar-refractivity contribution < 1.29 is 0 Å². The van der Waals surface area contributed by atoms with Crippen LogP contribution in [0.3, 0.4) is 0 Å². The number of hydrogen-bond donors (Lipinski definition) is 1. The van der Waals surface area contributed by atoms with Gasteiger partial charge in [0.15, 0.2) is 0 Å². The Morgan fingerprint density at radius 1 is 1.05 bits per heavy atom. The second-order valence-electron chi connectivity index (χ2n) is 4.91. The zero-order valence-electron chi connectivity index (χ0n) is 11.9. The fraction of sp³-hybridized carbons (Fsp3) is 0.235. The maximum absolute atomic E-state index is 4.81. The van der Waals surface area contributed by atoms with Gasteiger partial charge >= 0.3 is 0 Å². The van der Waals surface area contributed by atoms with Gasteiger partial charge in [0.25, 0.3) is 0 Å². The Morgan fingerprint density at radius 3 is 2.50 bits per heavy atom. The Balaban J connectivity index is 2.23. The van der Waals surface area contributed by atoms with Crippen LogP contribution < -0.4 is 5.32 Å². The van der Waals surface area contributed by atoms with E-state index >= 15 is 0 Å². The van der Waals surface area contributed by atoms with Crippen molar-refractivity contribution in [1.82, 2.24) is 14.9 Å². The van der Waals surface area contributed by atoms with Crippen LogP contribution in [0.25, 0.3) is 16.7 Å². The number of nitrogens with zero attached hydrogens (tertiary/aromatic N) is 2. The van der Waals surface area contributed by atoms with Crippen molar-refractivity contribution in [3.05, 3.63) is 60.4 Å². The quantitative estimate of drug-likeness (QED) is 0.779. The van der Waals surface area contributed by atoms with E-state index in [9.17, 15) is 0 Å². The first-order valence-corrected chi connectivity index (χ1v) is 7.07. The molecule has 1 unspecified atom stereocenters. The van der Waals surface area contributed by atoms with Gasteiger partial charge in [-0.05, 0) is 37.7 Å². The molecule has 0 amide bonds. The standard InChI is InChI=1S/C17H19N3/c1-3-18-13(2)17-19-15-11-7-8-12-16(15)20(17)14-9-5-4-6-10-14/h4-13,18H,3H2,1-2H3. The highest BCUT2D eigenvalue weighted by Crippen LogP contribution is 2.24. The van der Waals surface area contributed by atoms with Crippen molar-refractivity contribution in [2.45, 2.75) is 19.9 Å². The average molecular weight is 265 g/mol. The average Bonchev–Trinajstić information content (AvgIpc) is 2.88. The van der Waals surface area contributed by atoms with Crippen LogP contribution in [0.15, 0.2) is 54.6 Å². The molecule has 1 heterocycles. The topological polar surface area (TPSA) is 29.9 Å². The molecule has 0 radical (unpaired) electrons. The lowest BCUT2D eigenvalue weighted by Gasteiger charge is -2.15. The molecule has 2 aromatic carbocycles. The maximum Gasteiger partial charge on any atom is 0.131 e. The van der Waals surface area contributed by atoms with Gasteiger partial charge in [-0.3, -0.25) is 4.57 Å². The third-order valence-electron chi connectivity index (χ3n) is 3.50. The molecule has 20 heavy (non-hydrogen) atoms. The summed E-state index contributed by atoms with van der Waals surface area (Å²) in [6, 6.07) is 18.9. The first-order chi connectivity index (χ1) is 9.81. The van der Waals surface area contributed by atoms with E-state index in [2.05, 4.69) is 66.2 Å². The largest absolute Gasteiger partial charge is 0.308 e. The molecule has 1 N–H and O–H groups in total. The van der Waals surface area contributed by atoms with E-state index in [1.165, 1.54) is 0 Å². The van der Waals surface area contributed by atoms with Crippen LogP contribution in [0.1, 0.15) is 25.7 Å². The number of benzene rings is 2. The summed E-state index contributed by atoms with van der Waals surface area (Å²) in [5.74, 6) is 1.05. The summed E-state index contributed by atoms with van der Waals surface area (Å²) in [5, 5.41) is 3.45. The molecule has 0 saturated carbocycles. The van der Waals surface area contributed by atoms with Crippen molar-refractivity contribution in [3.8, 4) is 5.69 Å². The molecule has 0 aliphatic rings. The van der Waals surface area contributed by atoms with E-state index in [1.54, 1.807) is 0 Å². The Kier molecular flexibility index (Phi) is 3.52. The van der Waals surface area contributed by atoms with E-state index in [0.29, 0.717) is 0 Å². The lowest BCUT2D eigenvalue weighted by atomic mass is 10.2. The van der Waals surface area contributed by atoms with Gasteiger partial charge in [0.05, 0.1) is 17.1 Å². The molecule has 3 heteroatoms. The molecule has 0 aliphatic carbocycles. The van der Waals surface area contributed by atoms with E-state index in [-0.39, 0.29) is 6.04 Å². The highest BCUT2D eigenvalue weighted by molar-refractivity contribution is 5.78. The number of nitrogens with one attached hydrogen (secondary N) is 1. The van der Waals surface area contributed by atoms with Gasteiger partial charge in [-0.2, -0.15) is 0 Å². The van der Waals surface area contributed by atoms with E-state index in [4.69, 9.17) is 4.98 Å². The summed E-state index contributed by atoms with van der Waals surface area (Å²) in [4.78, 5) is 4.81. The van der Waals surface area contributed by atoms with Crippen LogP contribution in [0.4, 0.5) is 0 Å². The summed E-state index contributed by atoms with van der Waals surface area (Å²) in [7, 11) is 0. The number of imidazole rings is 1. The molecular formula is C17H19N3. The van der Waals surface area contributed by atoms with Crippen LogP contribution in [0.5, 0.6) is 0 Å². The highest BCUT2D eigenvalue weighted by atomic mass is 15.1. The first kappa shape index (κ1) is 12.9. The van der Waals surface area contributed by atoms with Crippen LogP contribution >= 0.6 is 0 Å². The summed E-state index contributed by atoms with van der Waals surface area (Å²) in [6.45, 7) is 5.20. The molecule has 0 spiro atoms. The number of hydrogen-bond acceptors (Lipinski definition) is 2.